The minimum Gasteiger partial charge on any atom is -0.331 e. The number of carbonyl (C=O) groups is 2. The van der Waals surface area contributed by atoms with Crippen molar-refractivity contribution < 1.29 is 9.59 Å². The number of anilines is 1. The van der Waals surface area contributed by atoms with Crippen molar-refractivity contribution in [1.29, 1.82) is 0 Å². The van der Waals surface area contributed by atoms with E-state index in [0.29, 0.717) is 17.2 Å². The fourth-order valence-electron chi connectivity index (χ4n) is 3.29. The number of aromatic nitrogens is 2. The number of fused-ring (bicyclic) bond motifs is 1. The maximum Gasteiger partial charge on any atom is 0.228 e. The molecule has 1 heterocycles. The number of rotatable bonds is 5. The van der Waals surface area contributed by atoms with E-state index in [2.05, 4.69) is 16.9 Å². The van der Waals surface area contributed by atoms with Crippen molar-refractivity contribution in [3.63, 3.8) is 0 Å². The van der Waals surface area contributed by atoms with Gasteiger partial charge in [-0.3, -0.25) is 9.59 Å². The van der Waals surface area contributed by atoms with E-state index < -0.39 is 0 Å². The van der Waals surface area contributed by atoms with Crippen LogP contribution in [0.5, 0.6) is 0 Å². The number of amides is 1. The molecular formula is C21H21N3O2. The zero-order chi connectivity index (χ0) is 18.3. The van der Waals surface area contributed by atoms with Crippen LogP contribution in [0.3, 0.4) is 0 Å². The Morgan fingerprint density at radius 2 is 2.00 bits per heavy atom. The van der Waals surface area contributed by atoms with Crippen LogP contribution in [0.4, 0.5) is 5.69 Å². The fourth-order valence-corrected chi connectivity index (χ4v) is 3.29. The topological polar surface area (TPSA) is 64.0 Å². The van der Waals surface area contributed by atoms with Gasteiger partial charge in [0, 0.05) is 24.2 Å². The number of ketones is 1. The SMILES string of the molecule is CC(=O)c1cccc(NC(=O)Cc2ccc3c(c2)nc(C2CC2)n3C)c1. The lowest BCUT2D eigenvalue weighted by atomic mass is 10.1. The van der Waals surface area contributed by atoms with Crippen molar-refractivity contribution in [2.24, 2.45) is 7.05 Å². The van der Waals surface area contributed by atoms with Gasteiger partial charge in [-0.25, -0.2) is 4.98 Å². The lowest BCUT2D eigenvalue weighted by Crippen LogP contribution is -2.14. The zero-order valence-electron chi connectivity index (χ0n) is 15.0. The van der Waals surface area contributed by atoms with E-state index in [1.54, 1.807) is 24.3 Å². The van der Waals surface area contributed by atoms with Crippen molar-refractivity contribution >= 4 is 28.4 Å². The molecule has 1 aliphatic rings. The highest BCUT2D eigenvalue weighted by Crippen LogP contribution is 2.40. The van der Waals surface area contributed by atoms with Crippen molar-refractivity contribution in [1.82, 2.24) is 9.55 Å². The molecule has 1 aliphatic carbocycles. The number of aryl methyl sites for hydroxylation is 1. The number of imidazole rings is 1. The molecule has 5 nitrogen and oxygen atoms in total. The van der Waals surface area contributed by atoms with Crippen molar-refractivity contribution in [2.45, 2.75) is 32.1 Å². The minimum atomic E-state index is -0.108. The van der Waals surface area contributed by atoms with Gasteiger partial charge in [-0.15, -0.1) is 0 Å². The monoisotopic (exact) mass is 347 g/mol. The molecule has 1 N–H and O–H groups in total. The quantitative estimate of drug-likeness (QED) is 0.713. The number of nitrogens with one attached hydrogen (secondary N) is 1. The molecule has 3 aromatic rings. The van der Waals surface area contributed by atoms with Gasteiger partial charge in [0.05, 0.1) is 17.5 Å². The zero-order valence-corrected chi connectivity index (χ0v) is 15.0. The number of hydrogen-bond donors (Lipinski definition) is 1. The molecule has 1 aromatic heterocycles. The minimum absolute atomic E-state index is 0.0202. The maximum absolute atomic E-state index is 12.4. The lowest BCUT2D eigenvalue weighted by Gasteiger charge is -2.07. The van der Waals surface area contributed by atoms with Gasteiger partial charge in [-0.1, -0.05) is 18.2 Å². The van der Waals surface area contributed by atoms with Crippen molar-refractivity contribution in [3.05, 3.63) is 59.4 Å². The van der Waals surface area contributed by atoms with Crippen molar-refractivity contribution in [2.75, 3.05) is 5.32 Å². The van der Waals surface area contributed by atoms with Crippen LogP contribution >= 0.6 is 0 Å². The highest BCUT2D eigenvalue weighted by atomic mass is 16.1. The molecule has 0 radical (unpaired) electrons. The number of carbonyl (C=O) groups excluding carboxylic acids is 2. The summed E-state index contributed by atoms with van der Waals surface area (Å²) in [5.74, 6) is 1.60. The van der Waals surface area contributed by atoms with Crippen LogP contribution < -0.4 is 5.32 Å². The van der Waals surface area contributed by atoms with E-state index in [9.17, 15) is 9.59 Å². The van der Waals surface area contributed by atoms with Gasteiger partial charge in [-0.05, 0) is 49.6 Å². The van der Waals surface area contributed by atoms with E-state index in [1.807, 2.05) is 18.2 Å². The molecule has 1 fully saturated rings. The van der Waals surface area contributed by atoms with Gasteiger partial charge in [-0.2, -0.15) is 0 Å². The van der Waals surface area contributed by atoms with Gasteiger partial charge < -0.3 is 9.88 Å². The Hall–Kier alpha value is -2.95. The Balaban J connectivity index is 1.50. The normalized spacial score (nSPS) is 13.8. The van der Waals surface area contributed by atoms with Crippen LogP contribution in [0.2, 0.25) is 0 Å². The Morgan fingerprint density at radius 1 is 1.19 bits per heavy atom. The third-order valence-electron chi connectivity index (χ3n) is 4.84. The summed E-state index contributed by atoms with van der Waals surface area (Å²) in [5.41, 5.74) is 4.20. The summed E-state index contributed by atoms with van der Waals surface area (Å²) < 4.78 is 2.16. The Kier molecular flexibility index (Phi) is 4.07. The molecule has 0 bridgehead atoms. The average molecular weight is 347 g/mol. The van der Waals surface area contributed by atoms with Gasteiger partial charge >= 0.3 is 0 Å². The molecule has 0 atom stereocenters. The molecular weight excluding hydrogens is 326 g/mol. The van der Waals surface area contributed by atoms with Crippen LogP contribution in [0.1, 0.15) is 47.4 Å². The summed E-state index contributed by atoms with van der Waals surface area (Å²) in [6.45, 7) is 1.51. The summed E-state index contributed by atoms with van der Waals surface area (Å²) in [7, 11) is 2.05. The van der Waals surface area contributed by atoms with E-state index >= 15 is 0 Å². The second-order valence-electron chi connectivity index (χ2n) is 6.99. The molecule has 26 heavy (non-hydrogen) atoms. The average Bonchev–Trinajstić information content (AvgIpc) is 3.39. The van der Waals surface area contributed by atoms with Crippen LogP contribution in [0, 0.1) is 0 Å². The fraction of sp³-hybridized carbons (Fsp3) is 0.286. The first-order valence-electron chi connectivity index (χ1n) is 8.87. The number of benzene rings is 2. The summed E-state index contributed by atoms with van der Waals surface area (Å²) in [4.78, 5) is 28.6. The van der Waals surface area contributed by atoms with Crippen molar-refractivity contribution in [3.8, 4) is 0 Å². The first kappa shape index (κ1) is 16.5. The number of nitrogens with zero attached hydrogens (tertiary/aromatic N) is 2. The smallest absolute Gasteiger partial charge is 0.228 e. The molecule has 4 rings (SSSR count). The standard InChI is InChI=1S/C21H21N3O2/c1-13(25)16-4-3-5-17(12-16)22-20(26)11-14-6-9-19-18(10-14)23-21(24(19)2)15-7-8-15/h3-6,9-10,12,15H,7-8,11H2,1-2H3,(H,22,26). The van der Waals surface area contributed by atoms with E-state index in [0.717, 1.165) is 22.4 Å². The highest BCUT2D eigenvalue weighted by molar-refractivity contribution is 5.97. The lowest BCUT2D eigenvalue weighted by molar-refractivity contribution is -0.115. The number of hydrogen-bond acceptors (Lipinski definition) is 3. The van der Waals surface area contributed by atoms with Crippen LogP contribution in [-0.4, -0.2) is 21.2 Å². The molecule has 0 saturated heterocycles. The summed E-state index contributed by atoms with van der Waals surface area (Å²) in [5, 5.41) is 2.86. The van der Waals surface area contributed by atoms with Gasteiger partial charge in [0.1, 0.15) is 5.82 Å². The van der Waals surface area contributed by atoms with Crippen LogP contribution in [0.15, 0.2) is 42.5 Å². The molecule has 132 valence electrons. The third kappa shape index (κ3) is 3.25. The number of Topliss-reactive ketones (excluding diaryl/α,β-unsaturated/α-hetero) is 1. The summed E-state index contributed by atoms with van der Waals surface area (Å²) in [6, 6.07) is 13.0. The molecule has 5 heteroatoms. The molecule has 2 aromatic carbocycles. The predicted octanol–water partition coefficient (Wildman–Crippen LogP) is 3.83. The van der Waals surface area contributed by atoms with Gasteiger partial charge in [0.2, 0.25) is 5.91 Å². The van der Waals surface area contributed by atoms with E-state index in [4.69, 9.17) is 4.98 Å². The Morgan fingerprint density at radius 3 is 2.73 bits per heavy atom. The van der Waals surface area contributed by atoms with Crippen LogP contribution in [0.25, 0.3) is 11.0 Å². The molecule has 0 spiro atoms. The first-order valence-corrected chi connectivity index (χ1v) is 8.87. The summed E-state index contributed by atoms with van der Waals surface area (Å²) >= 11 is 0. The van der Waals surface area contributed by atoms with E-state index in [-0.39, 0.29) is 18.1 Å². The highest BCUT2D eigenvalue weighted by Gasteiger charge is 2.28. The largest absolute Gasteiger partial charge is 0.331 e. The first-order chi connectivity index (χ1) is 12.5. The second kappa shape index (κ2) is 6.41. The molecule has 1 amide bonds. The third-order valence-corrected chi connectivity index (χ3v) is 4.84. The maximum atomic E-state index is 12.4. The van der Waals surface area contributed by atoms with Gasteiger partial charge in [0.15, 0.2) is 5.78 Å². The molecule has 0 unspecified atom stereocenters. The summed E-state index contributed by atoms with van der Waals surface area (Å²) in [6.07, 6.45) is 2.70. The Bertz CT molecular complexity index is 1020. The second-order valence-corrected chi connectivity index (χ2v) is 6.99. The molecule has 1 saturated carbocycles. The van der Waals surface area contributed by atoms with Crippen LogP contribution in [-0.2, 0) is 18.3 Å². The van der Waals surface area contributed by atoms with E-state index in [1.165, 1.54) is 19.8 Å². The predicted molar refractivity (Wildman–Crippen MR) is 101 cm³/mol. The van der Waals surface area contributed by atoms with Gasteiger partial charge in [0.25, 0.3) is 0 Å². The Labute approximate surface area is 152 Å². The molecule has 0 aliphatic heterocycles.